The lowest BCUT2D eigenvalue weighted by atomic mass is 10.0. The predicted molar refractivity (Wildman–Crippen MR) is 113 cm³/mol. The van der Waals surface area contributed by atoms with Crippen LogP contribution in [0.4, 0.5) is 11.4 Å². The lowest BCUT2D eigenvalue weighted by molar-refractivity contribution is 0.427. The molecule has 1 aromatic heterocycles. The highest BCUT2D eigenvalue weighted by Crippen LogP contribution is 2.37. The summed E-state index contributed by atoms with van der Waals surface area (Å²) >= 11 is 1.46. The van der Waals surface area contributed by atoms with Crippen LogP contribution in [0.3, 0.4) is 0 Å². The number of rotatable bonds is 3. The van der Waals surface area contributed by atoms with E-state index in [0.29, 0.717) is 0 Å². The van der Waals surface area contributed by atoms with E-state index in [-0.39, 0.29) is 5.88 Å². The van der Waals surface area contributed by atoms with Crippen LogP contribution in [0.5, 0.6) is 5.88 Å². The predicted octanol–water partition coefficient (Wildman–Crippen LogP) is 5.15. The van der Waals surface area contributed by atoms with E-state index in [1.807, 2.05) is 43.6 Å². The number of allylic oxidation sites excluding steroid dienone is 1. The number of para-hydroxylation sites is 1. The first-order valence-electron chi connectivity index (χ1n) is 8.95. The summed E-state index contributed by atoms with van der Waals surface area (Å²) < 4.78 is 1.71. The average Bonchev–Trinajstić information content (AvgIpc) is 3.20. The van der Waals surface area contributed by atoms with Crippen molar-refractivity contribution in [1.29, 1.82) is 0 Å². The first kappa shape index (κ1) is 17.5. The minimum absolute atomic E-state index is 0.215. The minimum atomic E-state index is 0.215. The van der Waals surface area contributed by atoms with Gasteiger partial charge >= 0.3 is 0 Å². The van der Waals surface area contributed by atoms with E-state index in [9.17, 15) is 5.11 Å². The molecule has 4 nitrogen and oxygen atoms in total. The van der Waals surface area contributed by atoms with Crippen LogP contribution in [0, 0.1) is 6.92 Å². The summed E-state index contributed by atoms with van der Waals surface area (Å²) in [6.45, 7) is 4.19. The molecular formula is C22H21N3OS. The van der Waals surface area contributed by atoms with E-state index >= 15 is 0 Å². The molecule has 0 fully saturated rings. The van der Waals surface area contributed by atoms with Crippen molar-refractivity contribution in [2.24, 2.45) is 17.0 Å². The number of fused-ring (bicyclic) bond motifs is 1. The van der Waals surface area contributed by atoms with E-state index in [0.717, 1.165) is 38.6 Å². The molecule has 0 spiro atoms. The Morgan fingerprint density at radius 2 is 1.96 bits per heavy atom. The van der Waals surface area contributed by atoms with E-state index < -0.39 is 0 Å². The molecule has 0 aliphatic carbocycles. The maximum atomic E-state index is 10.6. The molecule has 1 aliphatic heterocycles. The number of thiazole rings is 1. The third-order valence-corrected chi connectivity index (χ3v) is 5.78. The summed E-state index contributed by atoms with van der Waals surface area (Å²) in [7, 11) is 1.83. The smallest absolute Gasteiger partial charge is 0.210 e. The first-order chi connectivity index (χ1) is 13.1. The van der Waals surface area contributed by atoms with Gasteiger partial charge in [0.2, 0.25) is 5.88 Å². The van der Waals surface area contributed by atoms with Crippen molar-refractivity contribution in [2.75, 3.05) is 0 Å². The molecule has 0 radical (unpaired) electrons. The van der Waals surface area contributed by atoms with E-state index in [1.54, 1.807) is 4.57 Å². The van der Waals surface area contributed by atoms with E-state index in [2.05, 4.69) is 42.0 Å². The maximum absolute atomic E-state index is 10.6. The van der Waals surface area contributed by atoms with Crippen molar-refractivity contribution in [2.45, 2.75) is 20.3 Å². The number of aliphatic imine (C=N–C) groups is 1. The van der Waals surface area contributed by atoms with Crippen LogP contribution < -0.4 is 4.80 Å². The normalized spacial score (nSPS) is 14.9. The number of benzene rings is 2. The highest BCUT2D eigenvalue weighted by atomic mass is 32.1. The molecule has 0 amide bonds. The Morgan fingerprint density at radius 3 is 2.70 bits per heavy atom. The second kappa shape index (κ2) is 7.00. The minimum Gasteiger partial charge on any atom is -0.493 e. The molecule has 0 unspecified atom stereocenters. The van der Waals surface area contributed by atoms with Crippen LogP contribution in [0.2, 0.25) is 0 Å². The summed E-state index contributed by atoms with van der Waals surface area (Å²) in [5, 5.41) is 10.6. The van der Waals surface area contributed by atoms with Crippen LogP contribution in [-0.4, -0.2) is 15.9 Å². The quantitative estimate of drug-likeness (QED) is 0.676. The zero-order chi connectivity index (χ0) is 19.0. The molecule has 0 bridgehead atoms. The van der Waals surface area contributed by atoms with Crippen molar-refractivity contribution in [3.8, 4) is 5.88 Å². The molecule has 4 rings (SSSR count). The second-order valence-corrected chi connectivity index (χ2v) is 7.61. The molecular weight excluding hydrogens is 354 g/mol. The average molecular weight is 375 g/mol. The van der Waals surface area contributed by atoms with Crippen molar-refractivity contribution >= 4 is 40.6 Å². The van der Waals surface area contributed by atoms with Gasteiger partial charge in [0.15, 0.2) is 4.80 Å². The van der Waals surface area contributed by atoms with Crippen LogP contribution in [0.15, 0.2) is 52.4 Å². The van der Waals surface area contributed by atoms with Gasteiger partial charge in [-0.1, -0.05) is 54.2 Å². The zero-order valence-electron chi connectivity index (χ0n) is 15.6. The molecule has 136 valence electrons. The first-order valence-corrected chi connectivity index (χ1v) is 9.76. The van der Waals surface area contributed by atoms with Crippen LogP contribution in [0.1, 0.15) is 28.5 Å². The van der Waals surface area contributed by atoms with Crippen LogP contribution in [-0.2, 0) is 13.5 Å². The van der Waals surface area contributed by atoms with Gasteiger partial charge in [-0.05, 0) is 37.1 Å². The number of hydrogen-bond acceptors (Lipinski definition) is 4. The molecule has 5 heteroatoms. The van der Waals surface area contributed by atoms with Gasteiger partial charge in [-0.3, -0.25) is 9.56 Å². The Bertz CT molecular complexity index is 1130. The third-order valence-electron chi connectivity index (χ3n) is 4.72. The molecule has 0 saturated carbocycles. The lowest BCUT2D eigenvalue weighted by Gasteiger charge is -2.04. The molecule has 3 aromatic rings. The van der Waals surface area contributed by atoms with Gasteiger partial charge in [-0.2, -0.15) is 0 Å². The highest BCUT2D eigenvalue weighted by Gasteiger charge is 2.16. The standard InChI is InChI=1S/C22H21N3OS/c1-4-15-6-5-7-18-16(13-23-20(15)18)12-19-21(26)25(3)22(27-19)24-17-10-8-14(2)9-11-17/h5-13,26H,4H2,1-3H3/b16-12+,24-22?. The SMILES string of the molecule is CCc1cccc2c1N=C/C2=C\c1sc(=Nc2ccc(C)cc2)n(C)c1O. The highest BCUT2D eigenvalue weighted by molar-refractivity contribution is 7.10. The summed E-state index contributed by atoms with van der Waals surface area (Å²) in [5.74, 6) is 0.215. The van der Waals surface area contributed by atoms with Gasteiger partial charge in [0.25, 0.3) is 0 Å². The number of aryl methyl sites for hydroxylation is 2. The van der Waals surface area contributed by atoms with Gasteiger partial charge in [0.1, 0.15) is 0 Å². The summed E-state index contributed by atoms with van der Waals surface area (Å²) in [4.78, 5) is 10.8. The molecule has 2 aromatic carbocycles. The molecule has 27 heavy (non-hydrogen) atoms. The summed E-state index contributed by atoms with van der Waals surface area (Å²) in [6.07, 6.45) is 4.81. The summed E-state index contributed by atoms with van der Waals surface area (Å²) in [5.41, 5.74) is 6.47. The number of hydrogen-bond donors (Lipinski definition) is 1. The monoisotopic (exact) mass is 375 g/mol. The Balaban J connectivity index is 1.77. The molecule has 0 saturated heterocycles. The Morgan fingerprint density at radius 1 is 1.19 bits per heavy atom. The number of nitrogens with zero attached hydrogens (tertiary/aromatic N) is 3. The van der Waals surface area contributed by atoms with Gasteiger partial charge in [-0.15, -0.1) is 0 Å². The van der Waals surface area contributed by atoms with Crippen molar-refractivity contribution in [3.05, 3.63) is 68.8 Å². The Kier molecular flexibility index (Phi) is 4.54. The van der Waals surface area contributed by atoms with Crippen LogP contribution >= 0.6 is 11.3 Å². The van der Waals surface area contributed by atoms with Crippen molar-refractivity contribution < 1.29 is 5.11 Å². The van der Waals surface area contributed by atoms with Crippen molar-refractivity contribution in [1.82, 2.24) is 4.57 Å². The van der Waals surface area contributed by atoms with Gasteiger partial charge in [0.05, 0.1) is 16.3 Å². The van der Waals surface area contributed by atoms with Gasteiger partial charge < -0.3 is 5.11 Å². The maximum Gasteiger partial charge on any atom is 0.210 e. The molecule has 1 aliphatic rings. The Hall–Kier alpha value is -2.92. The van der Waals surface area contributed by atoms with Gasteiger partial charge in [0, 0.05) is 24.4 Å². The Labute approximate surface area is 162 Å². The lowest BCUT2D eigenvalue weighted by Crippen LogP contribution is -2.08. The number of aromatic nitrogens is 1. The fraction of sp³-hybridized carbons (Fsp3) is 0.182. The van der Waals surface area contributed by atoms with Gasteiger partial charge in [-0.25, -0.2) is 4.99 Å². The fourth-order valence-electron chi connectivity index (χ4n) is 3.11. The second-order valence-electron chi connectivity index (χ2n) is 6.60. The van der Waals surface area contributed by atoms with Crippen LogP contribution in [0.25, 0.3) is 11.6 Å². The molecule has 2 heterocycles. The molecule has 0 atom stereocenters. The van der Waals surface area contributed by atoms with E-state index in [1.165, 1.54) is 22.5 Å². The fourth-order valence-corrected chi connectivity index (χ4v) is 4.10. The number of aromatic hydroxyl groups is 1. The zero-order valence-corrected chi connectivity index (χ0v) is 16.4. The largest absolute Gasteiger partial charge is 0.493 e. The van der Waals surface area contributed by atoms with Crippen molar-refractivity contribution in [3.63, 3.8) is 0 Å². The van der Waals surface area contributed by atoms with E-state index in [4.69, 9.17) is 0 Å². The molecule has 1 N–H and O–H groups in total. The summed E-state index contributed by atoms with van der Waals surface area (Å²) in [6, 6.07) is 14.3. The third kappa shape index (κ3) is 3.26. The topological polar surface area (TPSA) is 49.9 Å².